The number of phenols is 1. The van der Waals surface area contributed by atoms with E-state index >= 15 is 0 Å². The summed E-state index contributed by atoms with van der Waals surface area (Å²) >= 11 is 0. The number of hydrogen-bond acceptors (Lipinski definition) is 5. The molecule has 6 heteroatoms. The van der Waals surface area contributed by atoms with Crippen LogP contribution >= 0.6 is 0 Å². The molecule has 0 amide bonds. The van der Waals surface area contributed by atoms with Crippen molar-refractivity contribution in [1.29, 1.82) is 0 Å². The summed E-state index contributed by atoms with van der Waals surface area (Å²) in [5.41, 5.74) is 1.75. The second kappa shape index (κ2) is 5.77. The molecule has 0 aliphatic rings. The minimum atomic E-state index is -0.405. The number of aromatic hydroxyl groups is 1. The maximum absolute atomic E-state index is 11.5. The highest BCUT2D eigenvalue weighted by Crippen LogP contribution is 2.25. The van der Waals surface area contributed by atoms with E-state index in [1.54, 1.807) is 53.2 Å². The molecule has 112 valence electrons. The van der Waals surface area contributed by atoms with E-state index in [1.165, 1.54) is 7.11 Å². The predicted molar refractivity (Wildman–Crippen MR) is 79.0 cm³/mol. The average molecular weight is 298 g/mol. The van der Waals surface area contributed by atoms with Crippen LogP contribution in [-0.2, 0) is 11.3 Å². The third-order valence-corrected chi connectivity index (χ3v) is 3.17. The molecule has 0 radical (unpaired) electrons. The van der Waals surface area contributed by atoms with Crippen molar-refractivity contribution in [2.24, 2.45) is 0 Å². The van der Waals surface area contributed by atoms with E-state index in [4.69, 9.17) is 4.74 Å². The number of rotatable bonds is 4. The van der Waals surface area contributed by atoms with Gasteiger partial charge in [-0.25, -0.2) is 9.78 Å². The van der Waals surface area contributed by atoms with Gasteiger partial charge in [-0.2, -0.15) is 0 Å². The van der Waals surface area contributed by atoms with Gasteiger partial charge in [0.25, 0.3) is 0 Å². The summed E-state index contributed by atoms with van der Waals surface area (Å²) in [5, 5.41) is 9.65. The normalized spacial score (nSPS) is 10.6. The van der Waals surface area contributed by atoms with E-state index in [1.807, 2.05) is 0 Å². The number of pyridine rings is 1. The Bertz CT molecular complexity index is 826. The van der Waals surface area contributed by atoms with Gasteiger partial charge in [0.15, 0.2) is 11.5 Å². The number of carbonyl (C=O) groups excluding carboxylic acids is 1. The quantitative estimate of drug-likeness (QED) is 0.749. The molecule has 1 aromatic carbocycles. The van der Waals surface area contributed by atoms with Crippen LogP contribution in [0.1, 0.15) is 16.1 Å². The van der Waals surface area contributed by atoms with Crippen molar-refractivity contribution in [3.05, 3.63) is 60.0 Å². The second-order valence-electron chi connectivity index (χ2n) is 4.66. The minimum Gasteiger partial charge on any atom is -0.504 e. The summed E-state index contributed by atoms with van der Waals surface area (Å²) in [6, 6.07) is 10.1. The highest BCUT2D eigenvalue weighted by molar-refractivity contribution is 5.90. The van der Waals surface area contributed by atoms with Gasteiger partial charge < -0.3 is 19.0 Å². The fourth-order valence-electron chi connectivity index (χ4n) is 2.08. The van der Waals surface area contributed by atoms with Crippen LogP contribution in [0.2, 0.25) is 0 Å². The molecule has 0 bridgehead atoms. The molecule has 6 nitrogen and oxygen atoms in total. The Labute approximate surface area is 126 Å². The zero-order chi connectivity index (χ0) is 15.5. The molecule has 0 spiro atoms. The van der Waals surface area contributed by atoms with Gasteiger partial charge >= 0.3 is 5.97 Å². The Morgan fingerprint density at radius 1 is 1.32 bits per heavy atom. The Morgan fingerprint density at radius 2 is 2.14 bits per heavy atom. The lowest BCUT2D eigenvalue weighted by Gasteiger charge is -2.05. The molecule has 2 aromatic heterocycles. The van der Waals surface area contributed by atoms with Gasteiger partial charge in [0, 0.05) is 12.4 Å². The molecular weight excluding hydrogens is 284 g/mol. The molecular formula is C16H14N2O4. The number of para-hydroxylation sites is 2. The number of fused-ring (bicyclic) bond motifs is 1. The smallest absolute Gasteiger partial charge is 0.338 e. The lowest BCUT2D eigenvalue weighted by molar-refractivity contribution is 0.0600. The first-order chi connectivity index (χ1) is 10.7. The van der Waals surface area contributed by atoms with Crippen molar-refractivity contribution in [3.63, 3.8) is 0 Å². The fourth-order valence-corrected chi connectivity index (χ4v) is 2.08. The standard InChI is InChI=1S/C16H14N2O4/c1-21-16(20)11-6-7-18-9-12(17-15(18)8-11)10-22-14-5-3-2-4-13(14)19/h2-9,19H,10H2,1H3. The molecule has 1 N–H and O–H groups in total. The van der Waals surface area contributed by atoms with Gasteiger partial charge in [-0.15, -0.1) is 0 Å². The molecule has 0 fully saturated rings. The van der Waals surface area contributed by atoms with Crippen LogP contribution < -0.4 is 4.74 Å². The van der Waals surface area contributed by atoms with E-state index < -0.39 is 5.97 Å². The molecule has 0 atom stereocenters. The SMILES string of the molecule is COC(=O)c1ccn2cc(COc3ccccc3O)nc2c1. The lowest BCUT2D eigenvalue weighted by atomic mass is 10.3. The van der Waals surface area contributed by atoms with Crippen LogP contribution in [0.3, 0.4) is 0 Å². The maximum atomic E-state index is 11.5. The average Bonchev–Trinajstić information content (AvgIpc) is 2.95. The Kier molecular flexibility index (Phi) is 3.65. The van der Waals surface area contributed by atoms with Crippen molar-refractivity contribution in [2.45, 2.75) is 6.61 Å². The van der Waals surface area contributed by atoms with Crippen molar-refractivity contribution in [3.8, 4) is 11.5 Å². The van der Waals surface area contributed by atoms with E-state index in [2.05, 4.69) is 9.72 Å². The van der Waals surface area contributed by atoms with E-state index in [0.29, 0.717) is 22.7 Å². The van der Waals surface area contributed by atoms with Crippen LogP contribution in [0.5, 0.6) is 11.5 Å². The third kappa shape index (κ3) is 2.71. The maximum Gasteiger partial charge on any atom is 0.338 e. The number of benzene rings is 1. The molecule has 0 saturated carbocycles. The van der Waals surface area contributed by atoms with Gasteiger partial charge in [0.1, 0.15) is 12.3 Å². The summed E-state index contributed by atoms with van der Waals surface area (Å²) in [6.45, 7) is 0.215. The highest BCUT2D eigenvalue weighted by atomic mass is 16.5. The number of nitrogens with zero attached hydrogens (tertiary/aromatic N) is 2. The molecule has 0 aliphatic carbocycles. The predicted octanol–water partition coefficient (Wildman–Crippen LogP) is 2.41. The Balaban J connectivity index is 1.80. The number of ether oxygens (including phenoxy) is 2. The molecule has 3 rings (SSSR count). The number of aromatic nitrogens is 2. The van der Waals surface area contributed by atoms with Gasteiger partial charge in [-0.1, -0.05) is 12.1 Å². The molecule has 3 aromatic rings. The molecule has 2 heterocycles. The number of imidazole rings is 1. The second-order valence-corrected chi connectivity index (χ2v) is 4.66. The molecule has 0 aliphatic heterocycles. The van der Waals surface area contributed by atoms with Gasteiger partial charge in [-0.3, -0.25) is 0 Å². The van der Waals surface area contributed by atoms with E-state index in [0.717, 1.165) is 0 Å². The number of esters is 1. The number of phenolic OH excluding ortho intramolecular Hbond substituents is 1. The van der Waals surface area contributed by atoms with Crippen LogP contribution in [0.4, 0.5) is 0 Å². The van der Waals surface area contributed by atoms with Crippen molar-refractivity contribution in [1.82, 2.24) is 9.38 Å². The first-order valence-electron chi connectivity index (χ1n) is 6.64. The summed E-state index contributed by atoms with van der Waals surface area (Å²) in [6.07, 6.45) is 3.54. The molecule has 0 saturated heterocycles. The summed E-state index contributed by atoms with van der Waals surface area (Å²) in [5.74, 6) is 0.0755. The minimum absolute atomic E-state index is 0.0826. The van der Waals surface area contributed by atoms with E-state index in [9.17, 15) is 9.90 Å². The molecule has 0 unspecified atom stereocenters. The van der Waals surface area contributed by atoms with Gasteiger partial charge in [0.2, 0.25) is 0 Å². The Morgan fingerprint density at radius 3 is 2.91 bits per heavy atom. The number of methoxy groups -OCH3 is 1. The van der Waals surface area contributed by atoms with Crippen LogP contribution in [0.15, 0.2) is 48.8 Å². The van der Waals surface area contributed by atoms with Crippen LogP contribution in [-0.4, -0.2) is 27.6 Å². The Hall–Kier alpha value is -3.02. The monoisotopic (exact) mass is 298 g/mol. The lowest BCUT2D eigenvalue weighted by Crippen LogP contribution is -2.01. The summed E-state index contributed by atoms with van der Waals surface area (Å²) in [4.78, 5) is 15.9. The number of carbonyl (C=O) groups is 1. The fraction of sp³-hybridized carbons (Fsp3) is 0.125. The van der Waals surface area contributed by atoms with Crippen LogP contribution in [0.25, 0.3) is 5.65 Å². The zero-order valence-electron chi connectivity index (χ0n) is 11.9. The first kappa shape index (κ1) is 13.9. The third-order valence-electron chi connectivity index (χ3n) is 3.17. The first-order valence-corrected chi connectivity index (χ1v) is 6.64. The zero-order valence-corrected chi connectivity index (χ0v) is 11.9. The summed E-state index contributed by atoms with van der Waals surface area (Å²) < 4.78 is 12.0. The van der Waals surface area contributed by atoms with Crippen LogP contribution in [0, 0.1) is 0 Å². The van der Waals surface area contributed by atoms with Gasteiger partial charge in [-0.05, 0) is 24.3 Å². The van der Waals surface area contributed by atoms with Crippen molar-refractivity contribution >= 4 is 11.6 Å². The number of hydrogen-bond donors (Lipinski definition) is 1. The largest absolute Gasteiger partial charge is 0.504 e. The van der Waals surface area contributed by atoms with Gasteiger partial charge in [0.05, 0.1) is 18.4 Å². The highest BCUT2D eigenvalue weighted by Gasteiger charge is 2.09. The van der Waals surface area contributed by atoms with Crippen molar-refractivity contribution < 1.29 is 19.4 Å². The topological polar surface area (TPSA) is 73.1 Å². The van der Waals surface area contributed by atoms with E-state index in [-0.39, 0.29) is 12.4 Å². The van der Waals surface area contributed by atoms with Crippen molar-refractivity contribution in [2.75, 3.05) is 7.11 Å². The molecule has 22 heavy (non-hydrogen) atoms. The summed E-state index contributed by atoms with van der Waals surface area (Å²) in [7, 11) is 1.34.